The Kier molecular flexibility index (Phi) is 3.33. The number of carbonyl (C=O) groups excluding carboxylic acids is 1. The number of hydrogen-bond donors (Lipinski definition) is 0. The van der Waals surface area contributed by atoms with Crippen molar-refractivity contribution in [2.75, 3.05) is 13.7 Å². The molecule has 0 saturated heterocycles. The maximum absolute atomic E-state index is 12.6. The smallest absolute Gasteiger partial charge is 0.257 e. The second kappa shape index (κ2) is 5.28. The number of para-hydroxylation sites is 1. The fourth-order valence-electron chi connectivity index (χ4n) is 2.43. The molecule has 1 aliphatic rings. The normalized spacial score (nSPS) is 13.8. The van der Waals surface area contributed by atoms with E-state index in [-0.39, 0.29) is 5.91 Å². The van der Waals surface area contributed by atoms with Gasteiger partial charge in [-0.2, -0.15) is 0 Å². The van der Waals surface area contributed by atoms with Crippen LogP contribution in [0.25, 0.3) is 0 Å². The molecule has 5 nitrogen and oxygen atoms in total. The topological polar surface area (TPSA) is 55.3 Å². The molecule has 3 rings (SSSR count). The summed E-state index contributed by atoms with van der Waals surface area (Å²) in [6.45, 7) is 1.22. The Balaban J connectivity index is 1.86. The van der Waals surface area contributed by atoms with Crippen molar-refractivity contribution in [2.45, 2.75) is 13.0 Å². The molecule has 5 heteroatoms. The van der Waals surface area contributed by atoms with Crippen LogP contribution in [0.2, 0.25) is 0 Å². The molecule has 20 heavy (non-hydrogen) atoms. The van der Waals surface area contributed by atoms with Crippen LogP contribution >= 0.6 is 0 Å². The molecule has 0 fully saturated rings. The van der Waals surface area contributed by atoms with Gasteiger partial charge in [-0.05, 0) is 12.1 Å². The summed E-state index contributed by atoms with van der Waals surface area (Å²) in [5, 5.41) is 0. The highest BCUT2D eigenvalue weighted by atomic mass is 16.5. The lowest BCUT2D eigenvalue weighted by molar-refractivity contribution is 0.0730. The number of aromatic nitrogens is 2. The van der Waals surface area contributed by atoms with Crippen molar-refractivity contribution in [1.29, 1.82) is 0 Å². The number of nitrogens with zero attached hydrogens (tertiary/aromatic N) is 3. The minimum atomic E-state index is -0.0167. The molecule has 1 aromatic carbocycles. The van der Waals surface area contributed by atoms with Gasteiger partial charge in [0.05, 0.1) is 18.4 Å². The Morgan fingerprint density at radius 2 is 2.20 bits per heavy atom. The van der Waals surface area contributed by atoms with E-state index in [1.807, 2.05) is 17.0 Å². The largest absolute Gasteiger partial charge is 0.496 e. The summed E-state index contributed by atoms with van der Waals surface area (Å²) in [5.41, 5.74) is 2.64. The van der Waals surface area contributed by atoms with Crippen molar-refractivity contribution in [3.63, 3.8) is 0 Å². The minimum Gasteiger partial charge on any atom is -0.496 e. The number of ether oxygens (including phenoxy) is 1. The van der Waals surface area contributed by atoms with E-state index >= 15 is 0 Å². The molecular weight excluding hydrogens is 254 g/mol. The number of methoxy groups -OCH3 is 1. The van der Waals surface area contributed by atoms with Gasteiger partial charge in [0.25, 0.3) is 5.91 Å². The lowest BCUT2D eigenvalue weighted by atomic mass is 10.1. The number of amides is 1. The molecule has 2 aromatic rings. The van der Waals surface area contributed by atoms with Crippen LogP contribution in [0.1, 0.15) is 21.6 Å². The summed E-state index contributed by atoms with van der Waals surface area (Å²) in [7, 11) is 1.57. The third-order valence-corrected chi connectivity index (χ3v) is 3.49. The van der Waals surface area contributed by atoms with E-state index in [9.17, 15) is 4.79 Å². The van der Waals surface area contributed by atoms with Crippen molar-refractivity contribution in [2.24, 2.45) is 0 Å². The number of benzene rings is 1. The van der Waals surface area contributed by atoms with Gasteiger partial charge in [-0.15, -0.1) is 0 Å². The van der Waals surface area contributed by atoms with Gasteiger partial charge < -0.3 is 9.64 Å². The highest BCUT2D eigenvalue weighted by Crippen LogP contribution is 2.23. The predicted octanol–water partition coefficient (Wildman–Crippen LogP) is 1.68. The van der Waals surface area contributed by atoms with E-state index in [1.165, 1.54) is 0 Å². The highest BCUT2D eigenvalue weighted by molar-refractivity contribution is 5.97. The molecular formula is C15H15N3O2. The van der Waals surface area contributed by atoms with Crippen LogP contribution in [-0.4, -0.2) is 34.4 Å². The van der Waals surface area contributed by atoms with Crippen molar-refractivity contribution >= 4 is 5.91 Å². The SMILES string of the molecule is COc1ccccc1C(=O)N1CCc2ncncc2C1. The Morgan fingerprint density at radius 3 is 3.05 bits per heavy atom. The zero-order chi connectivity index (χ0) is 13.9. The van der Waals surface area contributed by atoms with Crippen molar-refractivity contribution in [3.05, 3.63) is 53.6 Å². The third kappa shape index (κ3) is 2.22. The van der Waals surface area contributed by atoms with Crippen LogP contribution in [0.4, 0.5) is 0 Å². The molecule has 0 radical (unpaired) electrons. The summed E-state index contributed by atoms with van der Waals surface area (Å²) >= 11 is 0. The molecule has 0 bridgehead atoms. The van der Waals surface area contributed by atoms with Gasteiger partial charge in [-0.1, -0.05) is 12.1 Å². The van der Waals surface area contributed by atoms with Gasteiger partial charge in [0.1, 0.15) is 12.1 Å². The molecule has 102 valence electrons. The molecule has 0 atom stereocenters. The van der Waals surface area contributed by atoms with Gasteiger partial charge in [0, 0.05) is 31.3 Å². The molecule has 0 saturated carbocycles. The Labute approximate surface area is 117 Å². The zero-order valence-electron chi connectivity index (χ0n) is 11.2. The minimum absolute atomic E-state index is 0.0167. The Hall–Kier alpha value is -2.43. The van der Waals surface area contributed by atoms with Crippen molar-refractivity contribution in [3.8, 4) is 5.75 Å². The first kappa shape index (κ1) is 12.6. The van der Waals surface area contributed by atoms with Crippen LogP contribution < -0.4 is 4.74 Å². The second-order valence-corrected chi connectivity index (χ2v) is 4.67. The average molecular weight is 269 g/mol. The van der Waals surface area contributed by atoms with E-state index in [4.69, 9.17) is 4.74 Å². The third-order valence-electron chi connectivity index (χ3n) is 3.49. The van der Waals surface area contributed by atoms with E-state index in [0.29, 0.717) is 24.4 Å². The number of fused-ring (bicyclic) bond motifs is 1. The fourth-order valence-corrected chi connectivity index (χ4v) is 2.43. The first-order valence-corrected chi connectivity index (χ1v) is 6.49. The van der Waals surface area contributed by atoms with Gasteiger partial charge >= 0.3 is 0 Å². The summed E-state index contributed by atoms with van der Waals surface area (Å²) in [4.78, 5) is 22.7. The van der Waals surface area contributed by atoms with Crippen LogP contribution in [0.5, 0.6) is 5.75 Å². The highest BCUT2D eigenvalue weighted by Gasteiger charge is 2.24. The van der Waals surface area contributed by atoms with E-state index in [1.54, 1.807) is 31.8 Å². The number of carbonyl (C=O) groups is 1. The summed E-state index contributed by atoms with van der Waals surface area (Å²) < 4.78 is 5.25. The summed E-state index contributed by atoms with van der Waals surface area (Å²) in [6, 6.07) is 7.29. The molecule has 1 aromatic heterocycles. The van der Waals surface area contributed by atoms with Gasteiger partial charge in [-0.25, -0.2) is 9.97 Å². The number of hydrogen-bond acceptors (Lipinski definition) is 4. The van der Waals surface area contributed by atoms with E-state index in [2.05, 4.69) is 9.97 Å². The Bertz CT molecular complexity index is 643. The molecule has 0 aliphatic carbocycles. The quantitative estimate of drug-likeness (QED) is 0.832. The molecule has 0 N–H and O–H groups in total. The van der Waals surface area contributed by atoms with Gasteiger partial charge in [0.15, 0.2) is 0 Å². The van der Waals surface area contributed by atoms with E-state index in [0.717, 1.165) is 17.7 Å². The number of rotatable bonds is 2. The molecule has 1 amide bonds. The van der Waals surface area contributed by atoms with E-state index < -0.39 is 0 Å². The molecule has 2 heterocycles. The summed E-state index contributed by atoms with van der Waals surface area (Å²) in [6.07, 6.45) is 4.10. The predicted molar refractivity (Wildman–Crippen MR) is 73.5 cm³/mol. The van der Waals surface area contributed by atoms with Crippen LogP contribution in [0.3, 0.4) is 0 Å². The summed E-state index contributed by atoms with van der Waals surface area (Å²) in [5.74, 6) is 0.588. The van der Waals surface area contributed by atoms with Crippen LogP contribution in [0, 0.1) is 0 Å². The Morgan fingerprint density at radius 1 is 1.35 bits per heavy atom. The first-order chi connectivity index (χ1) is 9.79. The van der Waals surface area contributed by atoms with Crippen molar-refractivity contribution < 1.29 is 9.53 Å². The second-order valence-electron chi connectivity index (χ2n) is 4.67. The van der Waals surface area contributed by atoms with Crippen LogP contribution in [-0.2, 0) is 13.0 Å². The average Bonchev–Trinajstić information content (AvgIpc) is 2.53. The standard InChI is InChI=1S/C15H15N3O2/c1-20-14-5-3-2-4-12(14)15(19)18-7-6-13-11(9-18)8-16-10-17-13/h2-5,8,10H,6-7,9H2,1H3. The maximum atomic E-state index is 12.6. The lowest BCUT2D eigenvalue weighted by Gasteiger charge is -2.28. The fraction of sp³-hybridized carbons (Fsp3) is 0.267. The lowest BCUT2D eigenvalue weighted by Crippen LogP contribution is -2.36. The maximum Gasteiger partial charge on any atom is 0.257 e. The van der Waals surface area contributed by atoms with Crippen molar-refractivity contribution in [1.82, 2.24) is 14.9 Å². The molecule has 1 aliphatic heterocycles. The zero-order valence-corrected chi connectivity index (χ0v) is 11.2. The molecule has 0 unspecified atom stereocenters. The van der Waals surface area contributed by atoms with Gasteiger partial charge in [0.2, 0.25) is 0 Å². The van der Waals surface area contributed by atoms with Gasteiger partial charge in [-0.3, -0.25) is 4.79 Å². The monoisotopic (exact) mass is 269 g/mol. The first-order valence-electron chi connectivity index (χ1n) is 6.49. The molecule has 0 spiro atoms. The van der Waals surface area contributed by atoms with Crippen LogP contribution in [0.15, 0.2) is 36.8 Å².